The van der Waals surface area contributed by atoms with Gasteiger partial charge in [0.25, 0.3) is 0 Å². The average molecular weight is 283 g/mol. The maximum atomic E-state index is 11.3. The Kier molecular flexibility index (Phi) is 5.03. The van der Waals surface area contributed by atoms with Crippen LogP contribution in [0.1, 0.15) is 13.8 Å². The molecule has 16 heavy (non-hydrogen) atoms. The molecule has 1 rings (SSSR count). The first kappa shape index (κ1) is 14.2. The molecule has 0 aliphatic carbocycles. The zero-order valence-corrected chi connectivity index (χ0v) is 11.9. The van der Waals surface area contributed by atoms with Gasteiger partial charge >= 0.3 is 0 Å². The summed E-state index contributed by atoms with van der Waals surface area (Å²) < 4.78 is 23.3. The minimum absolute atomic E-state index is 0.0280. The molecule has 1 heterocycles. The first-order chi connectivity index (χ1) is 7.39. The van der Waals surface area contributed by atoms with Crippen LogP contribution in [0.3, 0.4) is 0 Å². The van der Waals surface area contributed by atoms with Crippen molar-refractivity contribution in [2.75, 3.05) is 24.6 Å². The number of hydrogen-bond acceptors (Lipinski definition) is 5. The predicted molar refractivity (Wildman–Crippen MR) is 71.6 cm³/mol. The van der Waals surface area contributed by atoms with Crippen LogP contribution in [0.5, 0.6) is 0 Å². The second-order valence-electron chi connectivity index (χ2n) is 3.74. The third-order valence-corrected chi connectivity index (χ3v) is 6.26. The van der Waals surface area contributed by atoms with Crippen LogP contribution in [0.2, 0.25) is 0 Å². The van der Waals surface area contributed by atoms with Crippen molar-refractivity contribution in [1.29, 1.82) is 0 Å². The Morgan fingerprint density at radius 3 is 2.38 bits per heavy atom. The van der Waals surface area contributed by atoms with Gasteiger partial charge in [-0.25, -0.2) is 8.42 Å². The second kappa shape index (κ2) is 5.66. The minimum atomic E-state index is -3.08. The van der Waals surface area contributed by atoms with Gasteiger partial charge in [-0.1, -0.05) is 24.0 Å². The summed E-state index contributed by atoms with van der Waals surface area (Å²) in [5.74, 6) is -0.105. The van der Waals surface area contributed by atoms with E-state index in [9.17, 15) is 13.5 Å². The van der Waals surface area contributed by atoms with E-state index < -0.39 is 15.9 Å². The second-order valence-corrected chi connectivity index (χ2v) is 7.77. The molecule has 0 aromatic heterocycles. The van der Waals surface area contributed by atoms with E-state index in [4.69, 9.17) is 12.2 Å². The Hall–Kier alpha value is 0.150. The van der Waals surface area contributed by atoms with Crippen LogP contribution in [-0.2, 0) is 9.84 Å². The van der Waals surface area contributed by atoms with Gasteiger partial charge in [0.05, 0.1) is 22.9 Å². The topological polar surface area (TPSA) is 57.6 Å². The summed E-state index contributed by atoms with van der Waals surface area (Å²) in [6.07, 6.45) is -0.788. The highest BCUT2D eigenvalue weighted by molar-refractivity contribution is 8.23. The molecule has 1 aliphatic rings. The van der Waals surface area contributed by atoms with Crippen LogP contribution in [-0.4, -0.2) is 58.7 Å². The van der Waals surface area contributed by atoms with E-state index in [0.717, 1.165) is 13.1 Å². The zero-order chi connectivity index (χ0) is 12.3. The molecule has 2 atom stereocenters. The Labute approximate surface area is 106 Å². The molecule has 94 valence electrons. The van der Waals surface area contributed by atoms with Gasteiger partial charge in [0.2, 0.25) is 0 Å². The van der Waals surface area contributed by atoms with Crippen LogP contribution in [0, 0.1) is 0 Å². The van der Waals surface area contributed by atoms with Crippen molar-refractivity contribution in [2.45, 2.75) is 25.2 Å². The molecule has 7 heteroatoms. The molecule has 0 aromatic carbocycles. The number of nitrogens with zero attached hydrogens (tertiary/aromatic N) is 1. The Bertz CT molecular complexity index is 351. The van der Waals surface area contributed by atoms with Gasteiger partial charge in [-0.15, -0.1) is 0 Å². The predicted octanol–water partition coefficient (Wildman–Crippen LogP) is 0.504. The summed E-state index contributed by atoms with van der Waals surface area (Å²) in [4.78, 5) is 1.98. The van der Waals surface area contributed by atoms with E-state index in [-0.39, 0.29) is 16.8 Å². The number of sulfone groups is 1. The molecule has 0 radical (unpaired) electrons. The van der Waals surface area contributed by atoms with Crippen molar-refractivity contribution in [3.63, 3.8) is 0 Å². The van der Waals surface area contributed by atoms with E-state index in [2.05, 4.69) is 0 Å². The smallest absolute Gasteiger partial charge is 0.154 e. The van der Waals surface area contributed by atoms with Crippen molar-refractivity contribution in [3.8, 4) is 0 Å². The van der Waals surface area contributed by atoms with Crippen LogP contribution in [0.15, 0.2) is 0 Å². The fourth-order valence-corrected chi connectivity index (χ4v) is 5.77. The lowest BCUT2D eigenvalue weighted by Crippen LogP contribution is -2.31. The molecule has 1 saturated heterocycles. The number of thiocarbonyl (C=S) groups is 1. The summed E-state index contributed by atoms with van der Waals surface area (Å²) in [5, 5.41) is 9.32. The molecule has 4 nitrogen and oxygen atoms in total. The maximum absolute atomic E-state index is 11.3. The van der Waals surface area contributed by atoms with Gasteiger partial charge in [-0.3, -0.25) is 0 Å². The monoisotopic (exact) mass is 283 g/mol. The van der Waals surface area contributed by atoms with Crippen molar-refractivity contribution < 1.29 is 13.5 Å². The Morgan fingerprint density at radius 1 is 1.44 bits per heavy atom. The highest BCUT2D eigenvalue weighted by Gasteiger charge is 2.37. The van der Waals surface area contributed by atoms with Crippen molar-refractivity contribution in [3.05, 3.63) is 0 Å². The quantitative estimate of drug-likeness (QED) is 0.762. The summed E-state index contributed by atoms with van der Waals surface area (Å²) in [5.41, 5.74) is 0. The average Bonchev–Trinajstić information content (AvgIpc) is 2.41. The maximum Gasteiger partial charge on any atom is 0.154 e. The van der Waals surface area contributed by atoms with Gasteiger partial charge in [0.15, 0.2) is 9.84 Å². The molecule has 0 spiro atoms. The molecule has 1 fully saturated rings. The molecular weight excluding hydrogens is 266 g/mol. The van der Waals surface area contributed by atoms with Gasteiger partial charge in [-0.05, 0) is 13.8 Å². The summed E-state index contributed by atoms with van der Waals surface area (Å²) >= 11 is 6.52. The normalized spacial score (nSPS) is 27.9. The SMILES string of the molecule is CCN(CC)C(=S)S[C@@H]1CS(=O)(=O)C[C@@H]1O. The van der Waals surface area contributed by atoms with E-state index in [1.165, 1.54) is 11.8 Å². The molecule has 0 aromatic rings. The van der Waals surface area contributed by atoms with E-state index in [1.807, 2.05) is 18.7 Å². The van der Waals surface area contributed by atoms with Gasteiger partial charge in [0.1, 0.15) is 4.32 Å². The number of rotatable bonds is 3. The van der Waals surface area contributed by atoms with E-state index in [0.29, 0.717) is 4.32 Å². The van der Waals surface area contributed by atoms with Crippen molar-refractivity contribution >= 4 is 38.1 Å². The van der Waals surface area contributed by atoms with Gasteiger partial charge in [-0.2, -0.15) is 0 Å². The first-order valence-corrected chi connectivity index (χ1v) is 8.34. The van der Waals surface area contributed by atoms with Crippen molar-refractivity contribution in [1.82, 2.24) is 4.90 Å². The fourth-order valence-electron chi connectivity index (χ4n) is 1.60. The highest BCUT2D eigenvalue weighted by atomic mass is 32.2. The number of thioether (sulfide) groups is 1. The van der Waals surface area contributed by atoms with E-state index in [1.54, 1.807) is 0 Å². The molecule has 0 amide bonds. The van der Waals surface area contributed by atoms with Crippen LogP contribution >= 0.6 is 24.0 Å². The zero-order valence-electron chi connectivity index (χ0n) is 9.42. The Morgan fingerprint density at radius 2 is 2.00 bits per heavy atom. The first-order valence-electron chi connectivity index (χ1n) is 5.23. The largest absolute Gasteiger partial charge is 0.391 e. The number of aliphatic hydroxyl groups is 1. The number of aliphatic hydroxyl groups excluding tert-OH is 1. The standard InChI is InChI=1S/C9H17NO3S3/c1-3-10(4-2)9(14)15-8-6-16(12,13)5-7(8)11/h7-8,11H,3-6H2,1-2H3/t7-,8+/m0/s1. The summed E-state index contributed by atoms with van der Waals surface area (Å²) in [7, 11) is -3.08. The third kappa shape index (κ3) is 3.58. The molecule has 0 unspecified atom stereocenters. The summed E-state index contributed by atoms with van der Waals surface area (Å²) in [6.45, 7) is 5.60. The minimum Gasteiger partial charge on any atom is -0.391 e. The molecule has 0 bridgehead atoms. The Balaban J connectivity index is 2.59. The summed E-state index contributed by atoms with van der Waals surface area (Å²) in [6, 6.07) is 0. The van der Waals surface area contributed by atoms with E-state index >= 15 is 0 Å². The van der Waals surface area contributed by atoms with Crippen LogP contribution < -0.4 is 0 Å². The van der Waals surface area contributed by atoms with Gasteiger partial charge in [0, 0.05) is 13.1 Å². The third-order valence-electron chi connectivity index (χ3n) is 2.55. The van der Waals surface area contributed by atoms with Gasteiger partial charge < -0.3 is 10.0 Å². The molecule has 1 aliphatic heterocycles. The van der Waals surface area contributed by atoms with Crippen molar-refractivity contribution in [2.24, 2.45) is 0 Å². The fraction of sp³-hybridized carbons (Fsp3) is 0.889. The van der Waals surface area contributed by atoms with Crippen LogP contribution in [0.25, 0.3) is 0 Å². The molecular formula is C9H17NO3S3. The highest BCUT2D eigenvalue weighted by Crippen LogP contribution is 2.27. The number of hydrogen-bond donors (Lipinski definition) is 1. The lowest BCUT2D eigenvalue weighted by Gasteiger charge is -2.23. The van der Waals surface area contributed by atoms with Crippen LogP contribution in [0.4, 0.5) is 0 Å². The lowest BCUT2D eigenvalue weighted by atomic mass is 10.3. The lowest BCUT2D eigenvalue weighted by molar-refractivity contribution is 0.208. The molecule has 0 saturated carbocycles. The molecule has 1 N–H and O–H groups in total.